The molecule has 2 aliphatic heterocycles. The van der Waals surface area contributed by atoms with Gasteiger partial charge in [-0.2, -0.15) is 0 Å². The number of hydrogen-bond donors (Lipinski definition) is 1. The third-order valence-electron chi connectivity index (χ3n) is 4.68. The summed E-state index contributed by atoms with van der Waals surface area (Å²) in [6.07, 6.45) is 1.30. The van der Waals surface area contributed by atoms with E-state index < -0.39 is 5.41 Å². The monoisotopic (exact) mass is 380 g/mol. The van der Waals surface area contributed by atoms with E-state index in [4.69, 9.17) is 21.1 Å². The molecule has 6 nitrogen and oxygen atoms in total. The van der Waals surface area contributed by atoms with Crippen LogP contribution in [0.25, 0.3) is 0 Å². The van der Waals surface area contributed by atoms with Crippen molar-refractivity contribution in [2.45, 2.75) is 33.6 Å². The maximum absolute atomic E-state index is 12.6. The molecule has 0 aromatic heterocycles. The molecule has 0 saturated carbocycles. The molecule has 0 aliphatic carbocycles. The zero-order valence-electron chi connectivity index (χ0n) is 15.4. The molecule has 3 rings (SSSR count). The summed E-state index contributed by atoms with van der Waals surface area (Å²) >= 11 is 6.26. The second-order valence-electron chi connectivity index (χ2n) is 7.78. The Kier molecular flexibility index (Phi) is 5.32. The second-order valence-corrected chi connectivity index (χ2v) is 8.19. The number of nitrogens with one attached hydrogen (secondary N) is 1. The summed E-state index contributed by atoms with van der Waals surface area (Å²) in [4.78, 5) is 26.8. The summed E-state index contributed by atoms with van der Waals surface area (Å²) in [6, 6.07) is 3.36. The molecule has 1 N–H and O–H groups in total. The molecule has 0 atom stereocenters. The number of fused-ring (bicyclic) bond motifs is 1. The third-order valence-corrected chi connectivity index (χ3v) is 5.00. The number of hydrogen-bond acceptors (Lipinski definition) is 4. The lowest BCUT2D eigenvalue weighted by molar-refractivity contribution is -0.142. The van der Waals surface area contributed by atoms with Gasteiger partial charge < -0.3 is 19.7 Å². The number of likely N-dealkylation sites (tertiary alicyclic amines) is 1. The summed E-state index contributed by atoms with van der Waals surface area (Å²) in [5, 5.41) is 3.31. The van der Waals surface area contributed by atoms with Gasteiger partial charge in [0.1, 0.15) is 13.2 Å². The quantitative estimate of drug-likeness (QED) is 0.854. The highest BCUT2D eigenvalue weighted by molar-refractivity contribution is 6.34. The topological polar surface area (TPSA) is 67.9 Å². The van der Waals surface area contributed by atoms with E-state index in [1.54, 1.807) is 12.1 Å². The number of carbonyl (C=O) groups excluding carboxylic acids is 2. The van der Waals surface area contributed by atoms with Crippen LogP contribution in [0.15, 0.2) is 12.1 Å². The van der Waals surface area contributed by atoms with Crippen LogP contribution >= 0.6 is 11.6 Å². The fourth-order valence-corrected chi connectivity index (χ4v) is 3.41. The summed E-state index contributed by atoms with van der Waals surface area (Å²) in [5.74, 6) is 1.09. The highest BCUT2D eigenvalue weighted by atomic mass is 35.5. The van der Waals surface area contributed by atoms with E-state index in [2.05, 4.69) is 5.32 Å². The SMILES string of the molecule is CC(C)(C)C(=O)N1CCC(C(=O)Nc2cc3c(cc2Cl)OCCO3)CC1. The van der Waals surface area contributed by atoms with E-state index in [-0.39, 0.29) is 17.7 Å². The van der Waals surface area contributed by atoms with Crippen LogP contribution < -0.4 is 14.8 Å². The third kappa shape index (κ3) is 4.06. The number of piperidine rings is 1. The van der Waals surface area contributed by atoms with Crippen LogP contribution in [-0.2, 0) is 9.59 Å². The first-order valence-electron chi connectivity index (χ1n) is 8.95. The van der Waals surface area contributed by atoms with Crippen molar-refractivity contribution in [2.75, 3.05) is 31.6 Å². The number of ether oxygens (including phenoxy) is 2. The van der Waals surface area contributed by atoms with Gasteiger partial charge in [-0.3, -0.25) is 9.59 Å². The second kappa shape index (κ2) is 7.35. The Bertz CT molecular complexity index is 706. The number of amides is 2. The number of benzene rings is 1. The van der Waals surface area contributed by atoms with Crippen molar-refractivity contribution in [3.8, 4) is 11.5 Å². The summed E-state index contributed by atoms with van der Waals surface area (Å²) in [5.41, 5.74) is 0.127. The van der Waals surface area contributed by atoms with Crippen molar-refractivity contribution in [2.24, 2.45) is 11.3 Å². The van der Waals surface area contributed by atoms with Crippen LogP contribution in [0.3, 0.4) is 0 Å². The van der Waals surface area contributed by atoms with E-state index >= 15 is 0 Å². The van der Waals surface area contributed by atoms with Gasteiger partial charge in [-0.15, -0.1) is 0 Å². The van der Waals surface area contributed by atoms with Crippen molar-refractivity contribution >= 4 is 29.1 Å². The van der Waals surface area contributed by atoms with Gasteiger partial charge in [0.15, 0.2) is 11.5 Å². The van der Waals surface area contributed by atoms with Crippen molar-refractivity contribution in [3.05, 3.63) is 17.2 Å². The number of nitrogens with zero attached hydrogens (tertiary/aromatic N) is 1. The molecule has 1 fully saturated rings. The predicted octanol–water partition coefficient (Wildman–Crippen LogP) is 3.33. The Hall–Kier alpha value is -1.95. The van der Waals surface area contributed by atoms with Gasteiger partial charge in [-0.05, 0) is 12.8 Å². The molecule has 1 aromatic rings. The van der Waals surface area contributed by atoms with Crippen LogP contribution in [0.5, 0.6) is 11.5 Å². The predicted molar refractivity (Wildman–Crippen MR) is 99.8 cm³/mol. The minimum absolute atomic E-state index is 0.0774. The van der Waals surface area contributed by atoms with Gasteiger partial charge in [0.2, 0.25) is 11.8 Å². The minimum Gasteiger partial charge on any atom is -0.486 e. The fraction of sp³-hybridized carbons (Fsp3) is 0.579. The van der Waals surface area contributed by atoms with Gasteiger partial charge in [0.05, 0.1) is 10.7 Å². The molecular formula is C19H25ClN2O4. The Balaban J connectivity index is 1.61. The Labute approximate surface area is 158 Å². The average Bonchev–Trinajstić information content (AvgIpc) is 2.61. The molecule has 2 aliphatic rings. The number of rotatable bonds is 2. The lowest BCUT2D eigenvalue weighted by Gasteiger charge is -2.35. The fourth-order valence-electron chi connectivity index (χ4n) is 3.21. The van der Waals surface area contributed by atoms with Gasteiger partial charge in [-0.1, -0.05) is 32.4 Å². The molecule has 0 unspecified atom stereocenters. The number of halogens is 1. The maximum atomic E-state index is 12.6. The zero-order chi connectivity index (χ0) is 18.9. The van der Waals surface area contributed by atoms with Gasteiger partial charge in [0.25, 0.3) is 0 Å². The van der Waals surface area contributed by atoms with Crippen molar-refractivity contribution < 1.29 is 19.1 Å². The van der Waals surface area contributed by atoms with Crippen LogP contribution in [0.1, 0.15) is 33.6 Å². The van der Waals surface area contributed by atoms with Crippen molar-refractivity contribution in [1.82, 2.24) is 4.90 Å². The molecule has 2 heterocycles. The highest BCUT2D eigenvalue weighted by Gasteiger charge is 2.32. The van der Waals surface area contributed by atoms with Gasteiger partial charge in [-0.25, -0.2) is 0 Å². The smallest absolute Gasteiger partial charge is 0.227 e. The standard InChI is InChI=1S/C19H25ClN2O4/c1-19(2,3)18(24)22-6-4-12(5-7-22)17(23)21-14-11-16-15(10-13(14)20)25-8-9-26-16/h10-12H,4-9H2,1-3H3,(H,21,23). The lowest BCUT2D eigenvalue weighted by Crippen LogP contribution is -2.45. The van der Waals surface area contributed by atoms with Crippen LogP contribution in [0, 0.1) is 11.3 Å². The van der Waals surface area contributed by atoms with Crippen LogP contribution in [-0.4, -0.2) is 43.0 Å². The molecular weight excluding hydrogens is 356 g/mol. The van der Waals surface area contributed by atoms with E-state index in [1.165, 1.54) is 0 Å². The molecule has 142 valence electrons. The van der Waals surface area contributed by atoms with Gasteiger partial charge >= 0.3 is 0 Å². The molecule has 1 aromatic carbocycles. The minimum atomic E-state index is -0.395. The number of anilines is 1. The summed E-state index contributed by atoms with van der Waals surface area (Å²) < 4.78 is 11.0. The largest absolute Gasteiger partial charge is 0.486 e. The Morgan fingerprint density at radius 1 is 1.12 bits per heavy atom. The normalized spacial score (nSPS) is 17.8. The molecule has 0 bridgehead atoms. The van der Waals surface area contributed by atoms with Crippen LogP contribution in [0.4, 0.5) is 5.69 Å². The maximum Gasteiger partial charge on any atom is 0.227 e. The van der Waals surface area contributed by atoms with E-state index in [0.29, 0.717) is 61.4 Å². The lowest BCUT2D eigenvalue weighted by atomic mass is 9.90. The average molecular weight is 381 g/mol. The molecule has 7 heteroatoms. The first kappa shape index (κ1) is 18.8. The van der Waals surface area contributed by atoms with E-state index in [1.807, 2.05) is 25.7 Å². The van der Waals surface area contributed by atoms with Crippen molar-refractivity contribution in [1.29, 1.82) is 0 Å². The molecule has 1 saturated heterocycles. The summed E-state index contributed by atoms with van der Waals surface area (Å²) in [6.45, 7) is 7.91. The number of carbonyl (C=O) groups is 2. The Morgan fingerprint density at radius 3 is 2.27 bits per heavy atom. The molecule has 0 radical (unpaired) electrons. The van der Waals surface area contributed by atoms with E-state index in [0.717, 1.165) is 0 Å². The zero-order valence-corrected chi connectivity index (χ0v) is 16.2. The summed E-state index contributed by atoms with van der Waals surface area (Å²) in [7, 11) is 0. The van der Waals surface area contributed by atoms with Gasteiger partial charge in [0, 0.05) is 36.6 Å². The molecule has 0 spiro atoms. The van der Waals surface area contributed by atoms with Crippen LogP contribution in [0.2, 0.25) is 5.02 Å². The Morgan fingerprint density at radius 2 is 1.69 bits per heavy atom. The first-order chi connectivity index (χ1) is 12.3. The molecule has 2 amide bonds. The van der Waals surface area contributed by atoms with E-state index in [9.17, 15) is 9.59 Å². The highest BCUT2D eigenvalue weighted by Crippen LogP contribution is 2.38. The molecule has 26 heavy (non-hydrogen) atoms. The van der Waals surface area contributed by atoms with Crippen molar-refractivity contribution in [3.63, 3.8) is 0 Å². The first-order valence-corrected chi connectivity index (χ1v) is 9.33.